The smallest absolute Gasteiger partial charge is 0.333 e. The van der Waals surface area contributed by atoms with Crippen molar-refractivity contribution in [3.05, 3.63) is 37.1 Å². The van der Waals surface area contributed by atoms with Crippen molar-refractivity contribution in [1.82, 2.24) is 0 Å². The van der Waals surface area contributed by atoms with Gasteiger partial charge in [-0.05, 0) is 56.8 Å². The van der Waals surface area contributed by atoms with Gasteiger partial charge in [0.1, 0.15) is 0 Å². The van der Waals surface area contributed by atoms with Crippen molar-refractivity contribution in [2.75, 3.05) is 13.2 Å². The molecule has 0 saturated heterocycles. The lowest BCUT2D eigenvalue weighted by Crippen LogP contribution is -2.22. The second-order valence-corrected chi connectivity index (χ2v) is 7.51. The van der Waals surface area contributed by atoms with Crippen LogP contribution in [0.2, 0.25) is 0 Å². The lowest BCUT2D eigenvalue weighted by molar-refractivity contribution is -0.139. The van der Waals surface area contributed by atoms with Crippen LogP contribution in [0.1, 0.15) is 60.3 Å². The molecule has 2 radical (unpaired) electrons. The fourth-order valence-corrected chi connectivity index (χ4v) is 2.49. The number of ether oxygens (including phenoxy) is 2. The van der Waals surface area contributed by atoms with Gasteiger partial charge in [-0.2, -0.15) is 0 Å². The zero-order valence-electron chi connectivity index (χ0n) is 16.6. The molecule has 0 N–H and O–H groups in total. The molecule has 4 heteroatoms. The van der Waals surface area contributed by atoms with Gasteiger partial charge in [0.05, 0.1) is 13.2 Å². The highest BCUT2D eigenvalue weighted by atomic mass is 16.5. The summed E-state index contributed by atoms with van der Waals surface area (Å²) in [7, 11) is 0. The predicted molar refractivity (Wildman–Crippen MR) is 102 cm³/mol. The maximum atomic E-state index is 11.5. The van der Waals surface area contributed by atoms with Crippen molar-refractivity contribution in [3.8, 4) is 0 Å². The average molecular weight is 350 g/mol. The standard InChI is InChI=1S/C21H34O4/c1-9-21(7,8)14-17(6)18(10-12-24-19(22)15(2)3)11-13-25-20(23)16(4)5/h17H,1-2,4,9-14H2,3,5-8H3. The number of rotatable bonds is 12. The second-order valence-electron chi connectivity index (χ2n) is 7.51. The Labute approximate surface area is 153 Å². The van der Waals surface area contributed by atoms with Crippen molar-refractivity contribution >= 4 is 11.9 Å². The Balaban J connectivity index is 4.68. The molecule has 0 spiro atoms. The summed E-state index contributed by atoms with van der Waals surface area (Å²) in [5, 5.41) is 0. The Hall–Kier alpha value is -1.58. The normalized spacial score (nSPS) is 12.6. The van der Waals surface area contributed by atoms with E-state index in [1.165, 1.54) is 5.92 Å². The van der Waals surface area contributed by atoms with Gasteiger partial charge in [0.15, 0.2) is 0 Å². The van der Waals surface area contributed by atoms with Crippen molar-refractivity contribution < 1.29 is 19.1 Å². The molecule has 142 valence electrons. The van der Waals surface area contributed by atoms with Crippen molar-refractivity contribution in [2.45, 2.75) is 60.3 Å². The van der Waals surface area contributed by atoms with Crippen LogP contribution in [0.15, 0.2) is 24.3 Å². The van der Waals surface area contributed by atoms with E-state index in [0.29, 0.717) is 43.1 Å². The van der Waals surface area contributed by atoms with E-state index in [4.69, 9.17) is 9.47 Å². The number of carbonyl (C=O) groups is 2. The van der Waals surface area contributed by atoms with E-state index >= 15 is 0 Å². The molecule has 0 aromatic heterocycles. The molecule has 0 heterocycles. The molecule has 4 nitrogen and oxygen atoms in total. The third-order valence-corrected chi connectivity index (χ3v) is 4.24. The zero-order valence-corrected chi connectivity index (χ0v) is 16.6. The molecule has 0 aromatic carbocycles. The largest absolute Gasteiger partial charge is 0.462 e. The highest BCUT2D eigenvalue weighted by Gasteiger charge is 2.26. The third kappa shape index (κ3) is 10.1. The van der Waals surface area contributed by atoms with Gasteiger partial charge in [-0.15, -0.1) is 0 Å². The van der Waals surface area contributed by atoms with Crippen molar-refractivity contribution in [2.24, 2.45) is 11.3 Å². The first-order valence-corrected chi connectivity index (χ1v) is 8.79. The third-order valence-electron chi connectivity index (χ3n) is 4.24. The predicted octanol–water partition coefficient (Wildman–Crippen LogP) is 4.86. The Morgan fingerprint density at radius 1 is 0.960 bits per heavy atom. The van der Waals surface area contributed by atoms with Crippen molar-refractivity contribution in [1.29, 1.82) is 0 Å². The number of carbonyl (C=O) groups excluding carboxylic acids is 2. The summed E-state index contributed by atoms with van der Waals surface area (Å²) in [6.07, 6.45) is 3.13. The van der Waals surface area contributed by atoms with Gasteiger partial charge in [-0.25, -0.2) is 9.59 Å². The van der Waals surface area contributed by atoms with E-state index in [1.54, 1.807) is 13.8 Å². The molecular weight excluding hydrogens is 316 g/mol. The van der Waals surface area contributed by atoms with Gasteiger partial charge in [0.2, 0.25) is 0 Å². The molecule has 0 aliphatic heterocycles. The summed E-state index contributed by atoms with van der Waals surface area (Å²) < 4.78 is 10.4. The molecule has 0 rings (SSSR count). The Kier molecular flexibility index (Phi) is 10.4. The molecule has 0 aromatic rings. The molecule has 0 aliphatic carbocycles. The van der Waals surface area contributed by atoms with Crippen LogP contribution in [0.3, 0.4) is 0 Å². The number of hydrogen-bond acceptors (Lipinski definition) is 4. The fourth-order valence-electron chi connectivity index (χ4n) is 2.49. The van der Waals surface area contributed by atoms with Crippen LogP contribution in [-0.4, -0.2) is 25.2 Å². The highest BCUT2D eigenvalue weighted by Crippen LogP contribution is 2.35. The molecular formula is C21H34O4. The first-order chi connectivity index (χ1) is 11.5. The van der Waals surface area contributed by atoms with Gasteiger partial charge >= 0.3 is 11.9 Å². The van der Waals surface area contributed by atoms with Crippen LogP contribution < -0.4 is 0 Å². The van der Waals surface area contributed by atoms with Crippen LogP contribution >= 0.6 is 0 Å². The lowest BCUT2D eigenvalue weighted by atomic mass is 9.75. The number of esters is 2. The van der Waals surface area contributed by atoms with Crippen molar-refractivity contribution in [3.63, 3.8) is 0 Å². The van der Waals surface area contributed by atoms with Gasteiger partial charge in [0.25, 0.3) is 0 Å². The second kappa shape index (κ2) is 11.1. The Morgan fingerprint density at radius 3 is 1.68 bits per heavy atom. The molecule has 0 aliphatic rings. The molecule has 1 atom stereocenters. The SMILES string of the molecule is [CH2]CC(C)(C)CC(C)[C](CCOC(=O)C(=C)C)CCOC(=O)C(=C)C. The molecule has 1 unspecified atom stereocenters. The maximum absolute atomic E-state index is 11.5. The topological polar surface area (TPSA) is 52.6 Å². The zero-order chi connectivity index (χ0) is 19.6. The molecule has 25 heavy (non-hydrogen) atoms. The molecule has 0 amide bonds. The van der Waals surface area contributed by atoms with Crippen LogP contribution in [-0.2, 0) is 19.1 Å². The van der Waals surface area contributed by atoms with Crippen LogP contribution in [0, 0.1) is 24.2 Å². The first-order valence-electron chi connectivity index (χ1n) is 8.79. The van der Waals surface area contributed by atoms with Crippen LogP contribution in [0.4, 0.5) is 0 Å². The van der Waals surface area contributed by atoms with E-state index in [0.717, 1.165) is 12.8 Å². The summed E-state index contributed by atoms with van der Waals surface area (Å²) in [4.78, 5) is 23.1. The summed E-state index contributed by atoms with van der Waals surface area (Å²) in [5.41, 5.74) is 0.916. The van der Waals surface area contributed by atoms with Crippen LogP contribution in [0.5, 0.6) is 0 Å². The summed E-state index contributed by atoms with van der Waals surface area (Å²) in [5.74, 6) is 0.798. The molecule has 0 bridgehead atoms. The molecule has 0 fully saturated rings. The van der Waals surface area contributed by atoms with Gasteiger partial charge < -0.3 is 9.47 Å². The van der Waals surface area contributed by atoms with Gasteiger partial charge in [0, 0.05) is 11.1 Å². The van der Waals surface area contributed by atoms with E-state index in [9.17, 15) is 9.59 Å². The minimum absolute atomic E-state index is 0.132. The lowest BCUT2D eigenvalue weighted by Gasteiger charge is -2.31. The number of hydrogen-bond donors (Lipinski definition) is 0. The summed E-state index contributed by atoms with van der Waals surface area (Å²) >= 11 is 0. The first kappa shape index (κ1) is 23.4. The monoisotopic (exact) mass is 350 g/mol. The quantitative estimate of drug-likeness (QED) is 0.373. The van der Waals surface area contributed by atoms with Crippen LogP contribution in [0.25, 0.3) is 0 Å². The fraction of sp³-hybridized carbons (Fsp3) is 0.619. The average Bonchev–Trinajstić information content (AvgIpc) is 2.52. The van der Waals surface area contributed by atoms with Gasteiger partial charge in [-0.1, -0.05) is 40.9 Å². The van der Waals surface area contributed by atoms with E-state index in [-0.39, 0.29) is 17.4 Å². The highest BCUT2D eigenvalue weighted by molar-refractivity contribution is 5.87. The van der Waals surface area contributed by atoms with E-state index in [2.05, 4.69) is 40.9 Å². The Morgan fingerprint density at radius 2 is 1.36 bits per heavy atom. The minimum Gasteiger partial charge on any atom is -0.462 e. The minimum atomic E-state index is -0.376. The van der Waals surface area contributed by atoms with E-state index < -0.39 is 0 Å². The van der Waals surface area contributed by atoms with E-state index in [1.807, 2.05) is 0 Å². The Bertz CT molecular complexity index is 444. The summed E-state index contributed by atoms with van der Waals surface area (Å²) in [6, 6.07) is 0. The maximum Gasteiger partial charge on any atom is 0.333 e. The van der Waals surface area contributed by atoms with Gasteiger partial charge in [-0.3, -0.25) is 0 Å². The summed E-state index contributed by atoms with van der Waals surface area (Å²) in [6.45, 7) is 21.6. The molecule has 0 saturated carbocycles.